The minimum Gasteiger partial charge on any atom is -0.489 e. The van der Waals surface area contributed by atoms with Crippen molar-refractivity contribution in [3.8, 4) is 5.75 Å². The van der Waals surface area contributed by atoms with E-state index in [1.165, 1.54) is 4.90 Å². The molecule has 3 aromatic carbocycles. The molecule has 27 heavy (non-hydrogen) atoms. The van der Waals surface area contributed by atoms with Gasteiger partial charge in [-0.2, -0.15) is 0 Å². The number of amidine groups is 1. The Hall–Kier alpha value is -3.54. The van der Waals surface area contributed by atoms with Gasteiger partial charge in [0.25, 0.3) is 0 Å². The molecule has 1 fully saturated rings. The van der Waals surface area contributed by atoms with Crippen LogP contribution in [-0.4, -0.2) is 31.2 Å². The molecule has 1 unspecified atom stereocenters. The van der Waals surface area contributed by atoms with Crippen molar-refractivity contribution in [2.75, 3.05) is 18.1 Å². The maximum absolute atomic E-state index is 12.3. The normalized spacial score (nSPS) is 16.4. The van der Waals surface area contributed by atoms with Gasteiger partial charge in [-0.05, 0) is 23.6 Å². The third-order valence-electron chi connectivity index (χ3n) is 4.52. The van der Waals surface area contributed by atoms with Gasteiger partial charge >= 0.3 is 6.09 Å². The smallest absolute Gasteiger partial charge is 0.414 e. The lowest BCUT2D eigenvalue weighted by molar-refractivity contribution is 0.105. The summed E-state index contributed by atoms with van der Waals surface area (Å²) < 4.78 is 11.4. The molecule has 3 aromatic rings. The Morgan fingerprint density at radius 3 is 2.78 bits per heavy atom. The van der Waals surface area contributed by atoms with E-state index < -0.39 is 6.09 Å². The van der Waals surface area contributed by atoms with E-state index in [0.717, 1.165) is 16.5 Å². The van der Waals surface area contributed by atoms with Gasteiger partial charge in [-0.25, -0.2) is 4.79 Å². The minimum atomic E-state index is -0.428. The molecule has 1 atom stereocenters. The van der Waals surface area contributed by atoms with Crippen LogP contribution >= 0.6 is 0 Å². The van der Waals surface area contributed by atoms with Gasteiger partial charge in [0.1, 0.15) is 18.2 Å². The molecule has 1 aliphatic heterocycles. The number of amides is 1. The molecular formula is C21H19N3O3. The van der Waals surface area contributed by atoms with Gasteiger partial charge in [0, 0.05) is 16.6 Å². The lowest BCUT2D eigenvalue weighted by Crippen LogP contribution is -2.27. The van der Waals surface area contributed by atoms with Crippen molar-refractivity contribution < 1.29 is 14.3 Å². The summed E-state index contributed by atoms with van der Waals surface area (Å²) in [5.41, 5.74) is 6.75. The summed E-state index contributed by atoms with van der Waals surface area (Å²) in [7, 11) is 0. The molecular weight excluding hydrogens is 342 g/mol. The summed E-state index contributed by atoms with van der Waals surface area (Å²) in [5.74, 6) is 0.724. The number of nitrogens with one attached hydrogen (secondary N) is 1. The number of benzene rings is 3. The van der Waals surface area contributed by atoms with Gasteiger partial charge in [0.05, 0.1) is 6.54 Å². The number of hydrogen-bond donors (Lipinski definition) is 2. The van der Waals surface area contributed by atoms with Gasteiger partial charge in [0.15, 0.2) is 6.10 Å². The number of nitrogen functional groups attached to an aromatic ring is 1. The van der Waals surface area contributed by atoms with E-state index in [1.54, 1.807) is 24.3 Å². The van der Waals surface area contributed by atoms with Gasteiger partial charge in [-0.3, -0.25) is 10.3 Å². The van der Waals surface area contributed by atoms with Crippen LogP contribution in [-0.2, 0) is 4.74 Å². The molecule has 6 nitrogen and oxygen atoms in total. The zero-order chi connectivity index (χ0) is 18.8. The van der Waals surface area contributed by atoms with Crippen LogP contribution in [0.5, 0.6) is 5.75 Å². The number of carbonyl (C=O) groups excluding carboxylic acids is 1. The van der Waals surface area contributed by atoms with E-state index in [1.807, 2.05) is 42.5 Å². The molecule has 6 heteroatoms. The summed E-state index contributed by atoms with van der Waals surface area (Å²) in [6, 6.07) is 20.9. The van der Waals surface area contributed by atoms with E-state index in [0.29, 0.717) is 17.8 Å². The molecule has 3 N–H and O–H groups in total. The molecule has 0 spiro atoms. The Kier molecular flexibility index (Phi) is 4.38. The molecule has 136 valence electrons. The summed E-state index contributed by atoms with van der Waals surface area (Å²) in [5, 5.41) is 9.66. The first-order valence-corrected chi connectivity index (χ1v) is 8.65. The number of nitrogens with two attached hydrogens (primary N) is 1. The average molecular weight is 361 g/mol. The van der Waals surface area contributed by atoms with Crippen molar-refractivity contribution in [1.29, 1.82) is 5.41 Å². The van der Waals surface area contributed by atoms with Crippen LogP contribution in [0.1, 0.15) is 5.56 Å². The SMILES string of the molecule is N=C(N)c1cccc(N2CC(COc3cccc4ccccc34)OC2=O)c1. The molecule has 4 rings (SSSR count). The highest BCUT2D eigenvalue weighted by Crippen LogP contribution is 2.27. The Labute approximate surface area is 156 Å². The van der Waals surface area contributed by atoms with Crippen LogP contribution in [0.15, 0.2) is 66.7 Å². The Balaban J connectivity index is 1.47. The molecule has 0 aromatic heterocycles. The van der Waals surface area contributed by atoms with Crippen LogP contribution in [0, 0.1) is 5.41 Å². The predicted molar refractivity (Wildman–Crippen MR) is 105 cm³/mol. The molecule has 0 bridgehead atoms. The van der Waals surface area contributed by atoms with E-state index in [4.69, 9.17) is 20.6 Å². The maximum atomic E-state index is 12.3. The number of cyclic esters (lactones) is 1. The van der Waals surface area contributed by atoms with Crippen molar-refractivity contribution in [2.45, 2.75) is 6.10 Å². The highest BCUT2D eigenvalue weighted by Gasteiger charge is 2.33. The van der Waals surface area contributed by atoms with Crippen molar-refractivity contribution >= 4 is 28.4 Å². The third-order valence-corrected chi connectivity index (χ3v) is 4.52. The number of anilines is 1. The molecule has 0 aliphatic carbocycles. The average Bonchev–Trinajstić information content (AvgIpc) is 3.07. The van der Waals surface area contributed by atoms with E-state index >= 15 is 0 Å². The summed E-state index contributed by atoms with van der Waals surface area (Å²) >= 11 is 0. The van der Waals surface area contributed by atoms with Crippen molar-refractivity contribution in [1.82, 2.24) is 0 Å². The molecule has 1 heterocycles. The van der Waals surface area contributed by atoms with Crippen LogP contribution < -0.4 is 15.4 Å². The molecule has 1 amide bonds. The third kappa shape index (κ3) is 3.42. The quantitative estimate of drug-likeness (QED) is 0.537. The zero-order valence-electron chi connectivity index (χ0n) is 14.6. The molecule has 1 saturated heterocycles. The van der Waals surface area contributed by atoms with Crippen LogP contribution in [0.4, 0.5) is 10.5 Å². The topological polar surface area (TPSA) is 88.6 Å². The second-order valence-corrected chi connectivity index (χ2v) is 6.37. The lowest BCUT2D eigenvalue weighted by atomic mass is 10.1. The number of rotatable bonds is 5. The number of ether oxygens (including phenoxy) is 2. The molecule has 0 saturated carbocycles. The largest absolute Gasteiger partial charge is 0.489 e. The summed E-state index contributed by atoms with van der Waals surface area (Å²) in [6.07, 6.45) is -0.806. The highest BCUT2D eigenvalue weighted by atomic mass is 16.6. The fourth-order valence-electron chi connectivity index (χ4n) is 3.16. The Bertz CT molecular complexity index is 1010. The Morgan fingerprint density at radius 2 is 1.93 bits per heavy atom. The first-order chi connectivity index (χ1) is 13.1. The number of fused-ring (bicyclic) bond motifs is 1. The first-order valence-electron chi connectivity index (χ1n) is 8.65. The van der Waals surface area contributed by atoms with Gasteiger partial charge in [0.2, 0.25) is 0 Å². The number of nitrogens with zero attached hydrogens (tertiary/aromatic N) is 1. The molecule has 0 radical (unpaired) electrons. The first kappa shape index (κ1) is 16.9. The second kappa shape index (κ2) is 6.99. The fraction of sp³-hybridized carbons (Fsp3) is 0.143. The van der Waals surface area contributed by atoms with Gasteiger partial charge < -0.3 is 15.2 Å². The monoisotopic (exact) mass is 361 g/mol. The highest BCUT2D eigenvalue weighted by molar-refractivity contribution is 5.97. The summed E-state index contributed by atoms with van der Waals surface area (Å²) in [4.78, 5) is 13.8. The fourth-order valence-corrected chi connectivity index (χ4v) is 3.16. The summed E-state index contributed by atoms with van der Waals surface area (Å²) in [6.45, 7) is 0.646. The zero-order valence-corrected chi connectivity index (χ0v) is 14.6. The predicted octanol–water partition coefficient (Wildman–Crippen LogP) is 3.53. The van der Waals surface area contributed by atoms with Crippen LogP contribution in [0.2, 0.25) is 0 Å². The number of hydrogen-bond acceptors (Lipinski definition) is 4. The standard InChI is InChI=1S/C21H19N3O3/c22-20(23)15-7-3-8-16(11-15)24-12-17(27-21(24)25)13-26-19-10-4-6-14-5-1-2-9-18(14)19/h1-11,17H,12-13H2,(H3,22,23). The number of carbonyl (C=O) groups is 1. The van der Waals surface area contributed by atoms with E-state index in [2.05, 4.69) is 0 Å². The molecule has 1 aliphatic rings. The van der Waals surface area contributed by atoms with E-state index in [-0.39, 0.29) is 18.5 Å². The van der Waals surface area contributed by atoms with Crippen molar-refractivity contribution in [2.24, 2.45) is 5.73 Å². The second-order valence-electron chi connectivity index (χ2n) is 6.37. The minimum absolute atomic E-state index is 0.0414. The van der Waals surface area contributed by atoms with Gasteiger partial charge in [-0.15, -0.1) is 0 Å². The lowest BCUT2D eigenvalue weighted by Gasteiger charge is -2.14. The van der Waals surface area contributed by atoms with E-state index in [9.17, 15) is 4.79 Å². The maximum Gasteiger partial charge on any atom is 0.414 e. The van der Waals surface area contributed by atoms with Crippen LogP contribution in [0.3, 0.4) is 0 Å². The van der Waals surface area contributed by atoms with Crippen molar-refractivity contribution in [3.63, 3.8) is 0 Å². The van der Waals surface area contributed by atoms with Gasteiger partial charge in [-0.1, -0.05) is 48.5 Å². The van der Waals surface area contributed by atoms with Crippen LogP contribution in [0.25, 0.3) is 10.8 Å². The Morgan fingerprint density at radius 1 is 1.15 bits per heavy atom. The van der Waals surface area contributed by atoms with Crippen molar-refractivity contribution in [3.05, 3.63) is 72.3 Å².